The summed E-state index contributed by atoms with van der Waals surface area (Å²) in [4.78, 5) is 5.20. The maximum Gasteiger partial charge on any atom is 0.0595 e. The minimum atomic E-state index is 0.640. The van der Waals surface area contributed by atoms with Gasteiger partial charge in [0.05, 0.1) is 10.0 Å². The Balaban J connectivity index is 1.78. The first-order valence-corrected chi connectivity index (χ1v) is 9.33. The van der Waals surface area contributed by atoms with Crippen molar-refractivity contribution in [3.05, 3.63) is 33.8 Å². The molecule has 0 spiro atoms. The molecule has 1 fully saturated rings. The summed E-state index contributed by atoms with van der Waals surface area (Å²) in [5.41, 5.74) is 1.27. The molecular formula is C18H28Cl2N2. The number of halogens is 2. The van der Waals surface area contributed by atoms with Gasteiger partial charge in [-0.05, 0) is 63.0 Å². The number of piperidine rings is 1. The first-order valence-electron chi connectivity index (χ1n) is 8.57. The fourth-order valence-electron chi connectivity index (χ4n) is 3.10. The third-order valence-corrected chi connectivity index (χ3v) is 5.16. The molecule has 1 aliphatic rings. The zero-order chi connectivity index (χ0) is 15.8. The van der Waals surface area contributed by atoms with Gasteiger partial charge in [-0.2, -0.15) is 0 Å². The summed E-state index contributed by atoms with van der Waals surface area (Å²) in [6, 6.07) is 5.98. The van der Waals surface area contributed by atoms with Gasteiger partial charge in [0.15, 0.2) is 0 Å². The quantitative estimate of drug-likeness (QED) is 0.673. The van der Waals surface area contributed by atoms with E-state index >= 15 is 0 Å². The highest BCUT2D eigenvalue weighted by Crippen LogP contribution is 2.22. The lowest BCUT2D eigenvalue weighted by Crippen LogP contribution is -2.38. The molecule has 0 amide bonds. The van der Waals surface area contributed by atoms with Crippen molar-refractivity contribution in [2.45, 2.75) is 39.0 Å². The summed E-state index contributed by atoms with van der Waals surface area (Å²) < 4.78 is 0. The molecule has 1 heterocycles. The predicted molar refractivity (Wildman–Crippen MR) is 97.2 cm³/mol. The zero-order valence-electron chi connectivity index (χ0n) is 13.7. The molecule has 1 aromatic carbocycles. The van der Waals surface area contributed by atoms with Crippen LogP contribution < -0.4 is 0 Å². The van der Waals surface area contributed by atoms with E-state index in [4.69, 9.17) is 23.2 Å². The Bertz CT molecular complexity index is 445. The van der Waals surface area contributed by atoms with Crippen LogP contribution in [0.5, 0.6) is 0 Å². The van der Waals surface area contributed by atoms with E-state index in [9.17, 15) is 0 Å². The van der Waals surface area contributed by atoms with E-state index in [0.717, 1.165) is 13.0 Å². The van der Waals surface area contributed by atoms with Gasteiger partial charge < -0.3 is 9.80 Å². The average Bonchev–Trinajstić information content (AvgIpc) is 2.54. The summed E-state index contributed by atoms with van der Waals surface area (Å²) in [5, 5.41) is 1.30. The maximum absolute atomic E-state index is 6.10. The molecule has 0 unspecified atom stereocenters. The van der Waals surface area contributed by atoms with E-state index in [1.54, 1.807) is 0 Å². The predicted octanol–water partition coefficient (Wildman–Crippen LogP) is 4.73. The first-order chi connectivity index (χ1) is 10.7. The first kappa shape index (κ1) is 18.1. The molecule has 1 aromatic rings. The van der Waals surface area contributed by atoms with E-state index < -0.39 is 0 Å². The van der Waals surface area contributed by atoms with E-state index in [-0.39, 0.29) is 0 Å². The molecule has 4 heteroatoms. The largest absolute Gasteiger partial charge is 0.302 e. The van der Waals surface area contributed by atoms with E-state index in [0.29, 0.717) is 10.0 Å². The van der Waals surface area contributed by atoms with Gasteiger partial charge in [-0.1, -0.05) is 42.6 Å². The Morgan fingerprint density at radius 1 is 1.00 bits per heavy atom. The minimum Gasteiger partial charge on any atom is -0.302 e. The molecule has 0 atom stereocenters. The maximum atomic E-state index is 6.10. The zero-order valence-corrected chi connectivity index (χ0v) is 15.2. The molecule has 0 saturated carbocycles. The average molecular weight is 343 g/mol. The van der Waals surface area contributed by atoms with Crippen LogP contribution in [0.15, 0.2) is 18.2 Å². The molecule has 0 bridgehead atoms. The number of hydrogen-bond donors (Lipinski definition) is 0. The highest BCUT2D eigenvalue weighted by Gasteiger charge is 2.12. The highest BCUT2D eigenvalue weighted by molar-refractivity contribution is 6.42. The Morgan fingerprint density at radius 3 is 2.45 bits per heavy atom. The van der Waals surface area contributed by atoms with E-state index in [1.165, 1.54) is 64.0 Å². The van der Waals surface area contributed by atoms with Gasteiger partial charge in [0.25, 0.3) is 0 Å². The van der Waals surface area contributed by atoms with Gasteiger partial charge in [-0.3, -0.25) is 0 Å². The van der Waals surface area contributed by atoms with Crippen LogP contribution in [0.4, 0.5) is 0 Å². The van der Waals surface area contributed by atoms with Crippen molar-refractivity contribution in [2.24, 2.45) is 0 Å². The molecule has 22 heavy (non-hydrogen) atoms. The molecule has 0 aliphatic carbocycles. The molecule has 124 valence electrons. The van der Waals surface area contributed by atoms with Gasteiger partial charge in [0, 0.05) is 19.6 Å². The summed E-state index contributed by atoms with van der Waals surface area (Å²) >= 11 is 12.1. The Hall–Kier alpha value is -0.280. The number of benzene rings is 1. The Labute approximate surface area is 145 Å². The second kappa shape index (κ2) is 9.77. The molecule has 2 nitrogen and oxygen atoms in total. The van der Waals surface area contributed by atoms with Crippen LogP contribution in [-0.4, -0.2) is 49.1 Å². The third-order valence-electron chi connectivity index (χ3n) is 4.42. The van der Waals surface area contributed by atoms with Crippen LogP contribution in [0.2, 0.25) is 10.0 Å². The van der Waals surface area contributed by atoms with Crippen molar-refractivity contribution in [2.75, 3.05) is 39.3 Å². The standard InChI is InChI=1S/C18H28Cl2N2/c1-2-9-21(13-14-22-10-4-3-5-11-22)12-8-16-6-7-17(19)18(20)15-16/h6-7,15H,2-5,8-14H2,1H3. The second-order valence-electron chi connectivity index (χ2n) is 6.24. The number of likely N-dealkylation sites (tertiary alicyclic amines) is 1. The molecule has 0 aromatic heterocycles. The molecule has 0 radical (unpaired) electrons. The van der Waals surface area contributed by atoms with Crippen LogP contribution in [0, 0.1) is 0 Å². The topological polar surface area (TPSA) is 6.48 Å². The molecule has 1 aliphatic heterocycles. The van der Waals surface area contributed by atoms with Gasteiger partial charge >= 0.3 is 0 Å². The Morgan fingerprint density at radius 2 is 1.77 bits per heavy atom. The minimum absolute atomic E-state index is 0.640. The van der Waals surface area contributed by atoms with Crippen LogP contribution in [-0.2, 0) is 6.42 Å². The summed E-state index contributed by atoms with van der Waals surface area (Å²) in [6.45, 7) is 9.48. The lowest BCUT2D eigenvalue weighted by atomic mass is 10.1. The lowest BCUT2D eigenvalue weighted by Gasteiger charge is -2.30. The number of nitrogens with zero attached hydrogens (tertiary/aromatic N) is 2. The highest BCUT2D eigenvalue weighted by atomic mass is 35.5. The van der Waals surface area contributed by atoms with Crippen molar-refractivity contribution in [3.63, 3.8) is 0 Å². The lowest BCUT2D eigenvalue weighted by molar-refractivity contribution is 0.182. The van der Waals surface area contributed by atoms with Crippen molar-refractivity contribution in [1.82, 2.24) is 9.80 Å². The summed E-state index contributed by atoms with van der Waals surface area (Å²) in [6.07, 6.45) is 6.40. The van der Waals surface area contributed by atoms with Gasteiger partial charge in [-0.25, -0.2) is 0 Å². The van der Waals surface area contributed by atoms with Crippen molar-refractivity contribution in [1.29, 1.82) is 0 Å². The summed E-state index contributed by atoms with van der Waals surface area (Å²) in [7, 11) is 0. The third kappa shape index (κ3) is 6.08. The molecule has 1 saturated heterocycles. The fraction of sp³-hybridized carbons (Fsp3) is 0.667. The molecule has 2 rings (SSSR count). The van der Waals surface area contributed by atoms with E-state index in [1.807, 2.05) is 12.1 Å². The van der Waals surface area contributed by atoms with Gasteiger partial charge in [0.1, 0.15) is 0 Å². The van der Waals surface area contributed by atoms with Crippen LogP contribution in [0.3, 0.4) is 0 Å². The monoisotopic (exact) mass is 342 g/mol. The van der Waals surface area contributed by atoms with Crippen LogP contribution in [0.1, 0.15) is 38.2 Å². The number of rotatable bonds is 8. The normalized spacial score (nSPS) is 16.4. The second-order valence-corrected chi connectivity index (χ2v) is 7.06. The molecule has 0 N–H and O–H groups in total. The van der Waals surface area contributed by atoms with Crippen LogP contribution >= 0.6 is 23.2 Å². The van der Waals surface area contributed by atoms with Crippen molar-refractivity contribution in [3.8, 4) is 0 Å². The van der Waals surface area contributed by atoms with E-state index in [2.05, 4.69) is 22.8 Å². The molecular weight excluding hydrogens is 315 g/mol. The summed E-state index contributed by atoms with van der Waals surface area (Å²) in [5.74, 6) is 0. The number of hydrogen-bond acceptors (Lipinski definition) is 2. The van der Waals surface area contributed by atoms with Gasteiger partial charge in [0.2, 0.25) is 0 Å². The smallest absolute Gasteiger partial charge is 0.0595 e. The van der Waals surface area contributed by atoms with Crippen molar-refractivity contribution < 1.29 is 0 Å². The SMILES string of the molecule is CCCN(CCc1ccc(Cl)c(Cl)c1)CCN1CCCCC1. The van der Waals surface area contributed by atoms with Gasteiger partial charge in [-0.15, -0.1) is 0 Å². The fourth-order valence-corrected chi connectivity index (χ4v) is 3.42. The Kier molecular flexibility index (Phi) is 8.02. The van der Waals surface area contributed by atoms with Crippen molar-refractivity contribution >= 4 is 23.2 Å². The van der Waals surface area contributed by atoms with Crippen LogP contribution in [0.25, 0.3) is 0 Å².